The minimum atomic E-state index is -0.564. The largest absolute Gasteiger partial charge is 0.497 e. The Balaban J connectivity index is 1.72. The van der Waals surface area contributed by atoms with E-state index in [2.05, 4.69) is 26.6 Å². The summed E-state index contributed by atoms with van der Waals surface area (Å²) in [4.78, 5) is 24.9. The van der Waals surface area contributed by atoms with Crippen LogP contribution in [0.1, 0.15) is 11.1 Å². The number of benzene rings is 3. The quantitative estimate of drug-likeness (QED) is 0.275. The maximum Gasteiger partial charge on any atom is 0.266 e. The SMILES string of the molecule is COc1ccc(NC(=O)/C(C#N)=C/c2cc(Br)c(OCC(=O)Nc3cccc(C)c3)c(OC)c2)cc1. The molecule has 0 bridgehead atoms. The number of rotatable bonds is 9. The Morgan fingerprint density at radius 3 is 2.39 bits per heavy atom. The van der Waals surface area contributed by atoms with E-state index < -0.39 is 5.91 Å². The molecule has 3 aromatic rings. The third kappa shape index (κ3) is 7.10. The zero-order valence-corrected chi connectivity index (χ0v) is 21.5. The van der Waals surface area contributed by atoms with Crippen molar-refractivity contribution in [3.63, 3.8) is 0 Å². The fourth-order valence-electron chi connectivity index (χ4n) is 3.21. The van der Waals surface area contributed by atoms with Crippen LogP contribution in [0, 0.1) is 18.3 Å². The van der Waals surface area contributed by atoms with Crippen LogP contribution in [0.5, 0.6) is 17.2 Å². The molecule has 2 N–H and O–H groups in total. The van der Waals surface area contributed by atoms with Crippen LogP contribution in [-0.4, -0.2) is 32.6 Å². The topological polar surface area (TPSA) is 110 Å². The molecule has 9 heteroatoms. The number of aryl methyl sites for hydroxylation is 1. The lowest BCUT2D eigenvalue weighted by Crippen LogP contribution is -2.20. The number of nitrogens with zero attached hydrogens (tertiary/aromatic N) is 1. The molecule has 2 amide bonds. The Bertz CT molecular complexity index is 1330. The van der Waals surface area contributed by atoms with Crippen molar-refractivity contribution in [1.29, 1.82) is 5.26 Å². The van der Waals surface area contributed by atoms with Crippen LogP contribution in [0.15, 0.2) is 70.7 Å². The summed E-state index contributed by atoms with van der Waals surface area (Å²) in [5.74, 6) is 0.393. The number of hydrogen-bond acceptors (Lipinski definition) is 6. The predicted octanol–water partition coefficient (Wildman–Crippen LogP) is 5.34. The number of amides is 2. The molecule has 8 nitrogen and oxygen atoms in total. The summed E-state index contributed by atoms with van der Waals surface area (Å²) >= 11 is 3.42. The highest BCUT2D eigenvalue weighted by Crippen LogP contribution is 2.37. The first-order valence-electron chi connectivity index (χ1n) is 10.8. The van der Waals surface area contributed by atoms with Gasteiger partial charge in [-0.1, -0.05) is 12.1 Å². The van der Waals surface area contributed by atoms with Gasteiger partial charge in [0.2, 0.25) is 0 Å². The molecule has 0 aliphatic carbocycles. The minimum absolute atomic E-state index is 0.106. The van der Waals surface area contributed by atoms with E-state index in [0.717, 1.165) is 5.56 Å². The van der Waals surface area contributed by atoms with Crippen molar-refractivity contribution in [3.05, 3.63) is 81.8 Å². The monoisotopic (exact) mass is 549 g/mol. The van der Waals surface area contributed by atoms with Gasteiger partial charge in [0.1, 0.15) is 17.4 Å². The van der Waals surface area contributed by atoms with E-state index in [1.165, 1.54) is 13.2 Å². The van der Waals surface area contributed by atoms with Crippen molar-refractivity contribution in [3.8, 4) is 23.3 Å². The number of nitriles is 1. The third-order valence-corrected chi connectivity index (χ3v) is 5.51. The first-order chi connectivity index (χ1) is 17.3. The van der Waals surface area contributed by atoms with E-state index in [9.17, 15) is 14.9 Å². The summed E-state index contributed by atoms with van der Waals surface area (Å²) in [6.45, 7) is 1.69. The van der Waals surface area contributed by atoms with Crippen molar-refractivity contribution in [2.75, 3.05) is 31.5 Å². The van der Waals surface area contributed by atoms with Gasteiger partial charge in [0.25, 0.3) is 11.8 Å². The molecule has 0 atom stereocenters. The van der Waals surface area contributed by atoms with Gasteiger partial charge in [-0.25, -0.2) is 0 Å². The van der Waals surface area contributed by atoms with E-state index in [1.807, 2.05) is 31.2 Å². The molecule has 0 saturated heterocycles. The van der Waals surface area contributed by atoms with E-state index in [4.69, 9.17) is 14.2 Å². The number of methoxy groups -OCH3 is 2. The van der Waals surface area contributed by atoms with Gasteiger partial charge >= 0.3 is 0 Å². The van der Waals surface area contributed by atoms with Crippen LogP contribution >= 0.6 is 15.9 Å². The van der Waals surface area contributed by atoms with Crippen LogP contribution in [0.3, 0.4) is 0 Å². The smallest absolute Gasteiger partial charge is 0.266 e. The third-order valence-electron chi connectivity index (χ3n) is 4.93. The fraction of sp³-hybridized carbons (Fsp3) is 0.148. The molecule has 36 heavy (non-hydrogen) atoms. The fourth-order valence-corrected chi connectivity index (χ4v) is 3.78. The van der Waals surface area contributed by atoms with Gasteiger partial charge in [-0.3, -0.25) is 9.59 Å². The zero-order chi connectivity index (χ0) is 26.1. The molecule has 0 aliphatic rings. The van der Waals surface area contributed by atoms with E-state index in [-0.39, 0.29) is 18.1 Å². The normalized spacial score (nSPS) is 10.7. The predicted molar refractivity (Wildman–Crippen MR) is 141 cm³/mol. The summed E-state index contributed by atoms with van der Waals surface area (Å²) < 4.78 is 16.7. The highest BCUT2D eigenvalue weighted by molar-refractivity contribution is 9.10. The van der Waals surface area contributed by atoms with Crippen LogP contribution in [-0.2, 0) is 9.59 Å². The highest BCUT2D eigenvalue weighted by atomic mass is 79.9. The summed E-state index contributed by atoms with van der Waals surface area (Å²) in [7, 11) is 3.00. The van der Waals surface area contributed by atoms with Crippen LogP contribution < -0.4 is 24.8 Å². The summed E-state index contributed by atoms with van der Waals surface area (Å²) in [5.41, 5.74) is 2.64. The molecule has 0 aromatic heterocycles. The second kappa shape index (κ2) is 12.4. The molecular weight excluding hydrogens is 526 g/mol. The van der Waals surface area contributed by atoms with Gasteiger partial charge in [0.15, 0.2) is 18.1 Å². The zero-order valence-electron chi connectivity index (χ0n) is 19.9. The molecule has 0 aliphatic heterocycles. The standard InChI is InChI=1S/C27H24BrN3O5/c1-17-5-4-6-21(11-17)30-25(32)16-36-26-23(28)13-18(14-24(26)35-3)12-19(15-29)27(33)31-20-7-9-22(34-2)10-8-20/h4-14H,16H2,1-3H3,(H,30,32)(H,31,33)/b19-12+. The number of hydrogen-bond donors (Lipinski definition) is 2. The molecule has 0 fully saturated rings. The number of carbonyl (C=O) groups is 2. The Morgan fingerprint density at radius 1 is 1.00 bits per heavy atom. The van der Waals surface area contributed by atoms with Gasteiger partial charge in [0, 0.05) is 11.4 Å². The maximum absolute atomic E-state index is 12.6. The van der Waals surface area contributed by atoms with Crippen molar-refractivity contribution in [2.45, 2.75) is 6.92 Å². The van der Waals surface area contributed by atoms with Crippen LogP contribution in [0.2, 0.25) is 0 Å². The minimum Gasteiger partial charge on any atom is -0.497 e. The molecule has 3 rings (SSSR count). The highest BCUT2D eigenvalue weighted by Gasteiger charge is 2.15. The maximum atomic E-state index is 12.6. The lowest BCUT2D eigenvalue weighted by atomic mass is 10.1. The van der Waals surface area contributed by atoms with Gasteiger partial charge in [-0.15, -0.1) is 0 Å². The summed E-state index contributed by atoms with van der Waals surface area (Å²) in [6, 6.07) is 19.4. The first kappa shape index (κ1) is 26.3. The second-order valence-corrected chi connectivity index (χ2v) is 8.45. The van der Waals surface area contributed by atoms with Crippen molar-refractivity contribution in [1.82, 2.24) is 0 Å². The second-order valence-electron chi connectivity index (χ2n) is 7.59. The van der Waals surface area contributed by atoms with E-state index in [0.29, 0.717) is 38.7 Å². The average Bonchev–Trinajstić information content (AvgIpc) is 2.86. The van der Waals surface area contributed by atoms with Gasteiger partial charge < -0.3 is 24.8 Å². The van der Waals surface area contributed by atoms with Gasteiger partial charge in [-0.05, 0) is 88.6 Å². The van der Waals surface area contributed by atoms with Gasteiger partial charge in [-0.2, -0.15) is 5.26 Å². The molecule has 3 aromatic carbocycles. The number of anilines is 2. The first-order valence-corrected chi connectivity index (χ1v) is 11.6. The van der Waals surface area contributed by atoms with Crippen molar-refractivity contribution in [2.24, 2.45) is 0 Å². The Labute approximate surface area is 217 Å². The molecule has 0 heterocycles. The molecule has 0 radical (unpaired) electrons. The number of nitrogens with one attached hydrogen (secondary N) is 2. The average molecular weight is 550 g/mol. The summed E-state index contributed by atoms with van der Waals surface area (Å²) in [5, 5.41) is 15.0. The van der Waals surface area contributed by atoms with Crippen LogP contribution in [0.4, 0.5) is 11.4 Å². The number of halogens is 1. The van der Waals surface area contributed by atoms with Gasteiger partial charge in [0.05, 0.1) is 18.7 Å². The number of carbonyl (C=O) groups excluding carboxylic acids is 2. The summed E-state index contributed by atoms with van der Waals surface area (Å²) in [6.07, 6.45) is 1.43. The van der Waals surface area contributed by atoms with Crippen molar-refractivity contribution >= 4 is 45.2 Å². The molecule has 0 saturated carbocycles. The Hall–Kier alpha value is -4.29. The molecular formula is C27H24BrN3O5. The molecule has 184 valence electrons. The molecule has 0 spiro atoms. The molecule has 0 unspecified atom stereocenters. The van der Waals surface area contributed by atoms with E-state index >= 15 is 0 Å². The Morgan fingerprint density at radius 2 is 1.75 bits per heavy atom. The lowest BCUT2D eigenvalue weighted by Gasteiger charge is -2.14. The lowest BCUT2D eigenvalue weighted by molar-refractivity contribution is -0.118. The van der Waals surface area contributed by atoms with E-state index in [1.54, 1.807) is 49.6 Å². The van der Waals surface area contributed by atoms with Crippen LogP contribution in [0.25, 0.3) is 6.08 Å². The number of ether oxygens (including phenoxy) is 3. The Kier molecular flexibility index (Phi) is 9.08. The van der Waals surface area contributed by atoms with Crippen molar-refractivity contribution < 1.29 is 23.8 Å².